The van der Waals surface area contributed by atoms with E-state index < -0.39 is 55.6 Å². The second-order valence-corrected chi connectivity index (χ2v) is 10.8. The standard InChI is InChI=1S/C23H22F4N2O6S/c1-35-18-10-16(24)17(30)9-15(18)21(31)29-20-12-6-5-11(7-12)19(20)22(32)28-13-3-2-4-14(8-13)36(33,34)23(25,26)27/h2-4,8-12,19-20,30H,5-7H2,1H3,(H,28,32)(H,29,31). The Balaban J connectivity index is 1.55. The number of sulfone groups is 1. The molecule has 3 N–H and O–H groups in total. The summed E-state index contributed by atoms with van der Waals surface area (Å²) >= 11 is 0. The number of rotatable bonds is 6. The quantitative estimate of drug-likeness (QED) is 0.491. The molecular weight excluding hydrogens is 508 g/mol. The summed E-state index contributed by atoms with van der Waals surface area (Å²) in [5.74, 6) is -4.02. The molecule has 0 aliphatic heterocycles. The molecule has 2 aromatic carbocycles. The van der Waals surface area contributed by atoms with E-state index >= 15 is 0 Å². The number of amides is 2. The van der Waals surface area contributed by atoms with Gasteiger partial charge < -0.3 is 20.5 Å². The van der Waals surface area contributed by atoms with E-state index in [1.807, 2.05) is 0 Å². The highest BCUT2D eigenvalue weighted by Gasteiger charge is 2.52. The van der Waals surface area contributed by atoms with Gasteiger partial charge in [-0.2, -0.15) is 13.2 Å². The van der Waals surface area contributed by atoms with Crippen LogP contribution in [0.1, 0.15) is 29.6 Å². The van der Waals surface area contributed by atoms with Crippen molar-refractivity contribution in [2.45, 2.75) is 35.7 Å². The average Bonchev–Trinajstić information content (AvgIpc) is 3.41. The molecule has 2 fully saturated rings. The van der Waals surface area contributed by atoms with Crippen molar-refractivity contribution in [1.29, 1.82) is 0 Å². The summed E-state index contributed by atoms with van der Waals surface area (Å²) in [6.07, 6.45) is 2.08. The summed E-state index contributed by atoms with van der Waals surface area (Å²) in [6, 6.07) is 4.99. The Kier molecular flexibility index (Phi) is 6.62. The number of benzene rings is 2. The van der Waals surface area contributed by atoms with Crippen LogP contribution in [0.15, 0.2) is 41.3 Å². The zero-order valence-electron chi connectivity index (χ0n) is 18.8. The fourth-order valence-electron chi connectivity index (χ4n) is 5.10. The van der Waals surface area contributed by atoms with E-state index in [1.54, 1.807) is 0 Å². The largest absolute Gasteiger partial charge is 0.505 e. The van der Waals surface area contributed by atoms with Crippen LogP contribution in [0.2, 0.25) is 0 Å². The molecule has 2 amide bonds. The van der Waals surface area contributed by atoms with E-state index in [-0.39, 0.29) is 28.8 Å². The molecule has 2 aliphatic carbocycles. The average molecular weight is 530 g/mol. The highest BCUT2D eigenvalue weighted by atomic mass is 32.2. The van der Waals surface area contributed by atoms with E-state index in [4.69, 9.17) is 4.74 Å². The van der Waals surface area contributed by atoms with Gasteiger partial charge in [0.1, 0.15) is 5.75 Å². The summed E-state index contributed by atoms with van der Waals surface area (Å²) < 4.78 is 80.9. The molecule has 2 aliphatic rings. The van der Waals surface area contributed by atoms with E-state index in [0.717, 1.165) is 36.8 Å². The second-order valence-electron chi connectivity index (χ2n) is 8.83. The fraction of sp³-hybridized carbons (Fsp3) is 0.391. The molecule has 0 saturated heterocycles. The van der Waals surface area contributed by atoms with Gasteiger partial charge in [0.05, 0.1) is 23.5 Å². The molecule has 0 radical (unpaired) electrons. The predicted octanol–water partition coefficient (Wildman–Crippen LogP) is 3.62. The molecule has 13 heteroatoms. The lowest BCUT2D eigenvalue weighted by Crippen LogP contribution is -2.48. The fourth-order valence-corrected chi connectivity index (χ4v) is 5.90. The first-order valence-corrected chi connectivity index (χ1v) is 12.4. The van der Waals surface area contributed by atoms with Crippen molar-refractivity contribution in [3.63, 3.8) is 0 Å². The van der Waals surface area contributed by atoms with Gasteiger partial charge in [0, 0.05) is 17.8 Å². The van der Waals surface area contributed by atoms with Crippen molar-refractivity contribution in [2.24, 2.45) is 17.8 Å². The Labute approximate surface area is 203 Å². The van der Waals surface area contributed by atoms with Crippen LogP contribution in [0.4, 0.5) is 23.2 Å². The third kappa shape index (κ3) is 4.59. The Hall–Kier alpha value is -3.35. The number of methoxy groups -OCH3 is 1. The zero-order valence-corrected chi connectivity index (χ0v) is 19.6. The van der Waals surface area contributed by atoms with Gasteiger partial charge in [-0.05, 0) is 55.4 Å². The maximum Gasteiger partial charge on any atom is 0.501 e. The van der Waals surface area contributed by atoms with Crippen molar-refractivity contribution < 1.29 is 45.4 Å². The first-order chi connectivity index (χ1) is 16.8. The number of phenolic OH excluding ortho intramolecular Hbond substituents is 1. The lowest BCUT2D eigenvalue weighted by molar-refractivity contribution is -0.122. The Bertz CT molecular complexity index is 1310. The topological polar surface area (TPSA) is 122 Å². The number of ether oxygens (including phenoxy) is 1. The highest BCUT2D eigenvalue weighted by Crippen LogP contribution is 2.49. The van der Waals surface area contributed by atoms with Crippen molar-refractivity contribution in [3.05, 3.63) is 47.8 Å². The van der Waals surface area contributed by atoms with E-state index in [2.05, 4.69) is 10.6 Å². The molecule has 4 atom stereocenters. The van der Waals surface area contributed by atoms with Gasteiger partial charge >= 0.3 is 5.51 Å². The van der Waals surface area contributed by atoms with Gasteiger partial charge in [-0.3, -0.25) is 9.59 Å². The number of carbonyl (C=O) groups excluding carboxylic acids is 2. The van der Waals surface area contributed by atoms with E-state index in [9.17, 15) is 40.7 Å². The van der Waals surface area contributed by atoms with Crippen LogP contribution in [-0.2, 0) is 14.6 Å². The van der Waals surface area contributed by atoms with Crippen molar-refractivity contribution in [3.8, 4) is 11.5 Å². The summed E-state index contributed by atoms with van der Waals surface area (Å²) in [5.41, 5.74) is -5.77. The van der Waals surface area contributed by atoms with Gasteiger partial charge in [-0.25, -0.2) is 12.8 Å². The summed E-state index contributed by atoms with van der Waals surface area (Å²) in [4.78, 5) is 25.1. The van der Waals surface area contributed by atoms with Crippen LogP contribution in [-0.4, -0.2) is 44.0 Å². The van der Waals surface area contributed by atoms with Crippen LogP contribution in [0, 0.1) is 23.6 Å². The van der Waals surface area contributed by atoms with E-state index in [0.29, 0.717) is 12.8 Å². The first kappa shape index (κ1) is 25.7. The summed E-state index contributed by atoms with van der Waals surface area (Å²) in [5, 5.41) is 14.9. The number of halogens is 4. The highest BCUT2D eigenvalue weighted by molar-refractivity contribution is 7.92. The first-order valence-electron chi connectivity index (χ1n) is 10.9. The third-order valence-electron chi connectivity index (χ3n) is 6.75. The van der Waals surface area contributed by atoms with Crippen molar-refractivity contribution in [2.75, 3.05) is 12.4 Å². The zero-order chi connectivity index (χ0) is 26.4. The molecule has 36 heavy (non-hydrogen) atoms. The van der Waals surface area contributed by atoms with Gasteiger partial charge in [-0.1, -0.05) is 6.07 Å². The van der Waals surface area contributed by atoms with Gasteiger partial charge in [-0.15, -0.1) is 0 Å². The third-order valence-corrected chi connectivity index (χ3v) is 8.23. The lowest BCUT2D eigenvalue weighted by Gasteiger charge is -2.31. The lowest BCUT2D eigenvalue weighted by atomic mass is 9.83. The maximum absolute atomic E-state index is 13.7. The Morgan fingerprint density at radius 1 is 1.11 bits per heavy atom. The van der Waals surface area contributed by atoms with Crippen molar-refractivity contribution in [1.82, 2.24) is 5.32 Å². The predicted molar refractivity (Wildman–Crippen MR) is 119 cm³/mol. The molecular formula is C23H22F4N2O6S. The number of aromatic hydroxyl groups is 1. The summed E-state index contributed by atoms with van der Waals surface area (Å²) in [6.45, 7) is 0. The number of phenols is 1. The van der Waals surface area contributed by atoms with Crippen LogP contribution in [0.3, 0.4) is 0 Å². The van der Waals surface area contributed by atoms with Crippen LogP contribution >= 0.6 is 0 Å². The number of anilines is 1. The number of nitrogens with one attached hydrogen (secondary N) is 2. The van der Waals surface area contributed by atoms with Gasteiger partial charge in [0.25, 0.3) is 15.7 Å². The van der Waals surface area contributed by atoms with Crippen LogP contribution < -0.4 is 15.4 Å². The second kappa shape index (κ2) is 9.26. The molecule has 194 valence electrons. The van der Waals surface area contributed by atoms with E-state index in [1.165, 1.54) is 13.2 Å². The van der Waals surface area contributed by atoms with Crippen molar-refractivity contribution >= 4 is 27.3 Å². The molecule has 0 spiro atoms. The molecule has 4 unspecified atom stereocenters. The van der Waals surface area contributed by atoms with Crippen LogP contribution in [0.5, 0.6) is 11.5 Å². The summed E-state index contributed by atoms with van der Waals surface area (Å²) in [7, 11) is -4.37. The molecule has 0 heterocycles. The van der Waals surface area contributed by atoms with Crippen LogP contribution in [0.25, 0.3) is 0 Å². The molecule has 4 rings (SSSR count). The Morgan fingerprint density at radius 2 is 1.81 bits per heavy atom. The monoisotopic (exact) mass is 530 g/mol. The minimum atomic E-state index is -5.60. The van der Waals surface area contributed by atoms with Gasteiger partial charge in [0.2, 0.25) is 5.91 Å². The number of carbonyl (C=O) groups is 2. The molecule has 0 aromatic heterocycles. The minimum absolute atomic E-state index is 0.0494. The maximum atomic E-state index is 13.7. The molecule has 8 nitrogen and oxygen atoms in total. The Morgan fingerprint density at radius 3 is 2.47 bits per heavy atom. The SMILES string of the molecule is COc1cc(F)c(O)cc1C(=O)NC1C2CCC(C2)C1C(=O)Nc1cccc(S(=O)(=O)C(F)(F)F)c1. The minimum Gasteiger partial charge on any atom is -0.505 e. The van der Waals surface area contributed by atoms with Gasteiger partial charge in [0.15, 0.2) is 11.6 Å². The molecule has 2 bridgehead atoms. The smallest absolute Gasteiger partial charge is 0.501 e. The molecule has 2 saturated carbocycles. The number of fused-ring (bicyclic) bond motifs is 2. The number of alkyl halides is 3. The number of hydrogen-bond donors (Lipinski definition) is 3. The number of hydrogen-bond acceptors (Lipinski definition) is 6. The molecule has 2 aromatic rings. The normalized spacial score (nSPS) is 23.4.